The minimum Gasteiger partial charge on any atom is -0.493 e. The van der Waals surface area contributed by atoms with Gasteiger partial charge in [0, 0.05) is 37.9 Å². The van der Waals surface area contributed by atoms with Gasteiger partial charge < -0.3 is 25.0 Å². The third kappa shape index (κ3) is 3.78. The Kier molecular flexibility index (Phi) is 5.71. The first kappa shape index (κ1) is 21.0. The zero-order valence-electron chi connectivity index (χ0n) is 18.0. The van der Waals surface area contributed by atoms with Crippen molar-refractivity contribution >= 4 is 17.6 Å². The monoisotopic (exact) mass is 424 g/mol. The van der Waals surface area contributed by atoms with E-state index in [-0.39, 0.29) is 5.91 Å². The molecule has 2 aliphatic heterocycles. The summed E-state index contributed by atoms with van der Waals surface area (Å²) in [5.41, 5.74) is 6.37. The number of para-hydroxylation sites is 1. The Labute approximate surface area is 181 Å². The number of pyridine rings is 1. The van der Waals surface area contributed by atoms with Gasteiger partial charge in [0.1, 0.15) is 5.82 Å². The fourth-order valence-corrected chi connectivity index (χ4v) is 4.86. The van der Waals surface area contributed by atoms with Gasteiger partial charge in [-0.25, -0.2) is 4.98 Å². The van der Waals surface area contributed by atoms with Crippen molar-refractivity contribution in [2.75, 3.05) is 38.8 Å². The molecule has 1 aromatic heterocycles. The highest BCUT2D eigenvalue weighted by atomic mass is 16.5. The summed E-state index contributed by atoms with van der Waals surface area (Å²) in [7, 11) is 3.21. The molecule has 31 heavy (non-hydrogen) atoms. The van der Waals surface area contributed by atoms with Crippen LogP contribution >= 0.6 is 0 Å². The van der Waals surface area contributed by atoms with Crippen LogP contribution in [0.5, 0.6) is 11.5 Å². The second kappa shape index (κ2) is 8.45. The zero-order valence-corrected chi connectivity index (χ0v) is 18.0. The first-order chi connectivity index (χ1) is 15.0. The molecule has 1 unspecified atom stereocenters. The maximum absolute atomic E-state index is 13.6. The quantitative estimate of drug-likeness (QED) is 0.764. The Morgan fingerprint density at radius 1 is 1.16 bits per heavy atom. The highest BCUT2D eigenvalue weighted by Gasteiger charge is 2.49. The smallest absolute Gasteiger partial charge is 0.252 e. The standard InChI is InChI=1S/C23H28N4O4/c1-30-18-8-3-6-16(19(18)31-2)14-26-12-5-9-23(22(26)29)10-13-27(15-23)21-17(20(24)28)7-4-11-25-21/h3-4,6-8,11H,5,9-10,12-15H2,1-2H3,(H2,24,28). The van der Waals surface area contributed by atoms with E-state index in [1.54, 1.807) is 32.5 Å². The largest absolute Gasteiger partial charge is 0.493 e. The van der Waals surface area contributed by atoms with Crippen molar-refractivity contribution in [2.24, 2.45) is 11.1 Å². The molecule has 1 spiro atoms. The number of nitrogens with zero attached hydrogens (tertiary/aromatic N) is 3. The molecule has 4 rings (SSSR count). The van der Waals surface area contributed by atoms with E-state index in [1.807, 2.05) is 28.0 Å². The topological polar surface area (TPSA) is 98.0 Å². The number of anilines is 1. The Hall–Kier alpha value is -3.29. The van der Waals surface area contributed by atoms with Gasteiger partial charge in [0.2, 0.25) is 5.91 Å². The van der Waals surface area contributed by atoms with E-state index in [0.29, 0.717) is 49.1 Å². The van der Waals surface area contributed by atoms with E-state index in [4.69, 9.17) is 15.2 Å². The molecular formula is C23H28N4O4. The number of piperidine rings is 1. The molecular weight excluding hydrogens is 396 g/mol. The second-order valence-electron chi connectivity index (χ2n) is 8.17. The molecule has 2 amide bonds. The number of benzene rings is 1. The number of carbonyl (C=O) groups excluding carboxylic acids is 2. The highest BCUT2D eigenvalue weighted by Crippen LogP contribution is 2.43. The molecule has 164 valence electrons. The number of amides is 2. The fourth-order valence-electron chi connectivity index (χ4n) is 4.86. The summed E-state index contributed by atoms with van der Waals surface area (Å²) < 4.78 is 10.9. The maximum atomic E-state index is 13.6. The van der Waals surface area contributed by atoms with Crippen molar-refractivity contribution in [1.29, 1.82) is 0 Å². The molecule has 3 heterocycles. The van der Waals surface area contributed by atoms with E-state index in [9.17, 15) is 9.59 Å². The molecule has 1 atom stereocenters. The number of hydrogen-bond donors (Lipinski definition) is 1. The lowest BCUT2D eigenvalue weighted by Crippen LogP contribution is -2.49. The van der Waals surface area contributed by atoms with Crippen molar-refractivity contribution in [2.45, 2.75) is 25.8 Å². The van der Waals surface area contributed by atoms with E-state index in [1.165, 1.54) is 0 Å². The van der Waals surface area contributed by atoms with Gasteiger partial charge in [0.15, 0.2) is 11.5 Å². The van der Waals surface area contributed by atoms with E-state index >= 15 is 0 Å². The summed E-state index contributed by atoms with van der Waals surface area (Å²) in [4.78, 5) is 33.8. The molecule has 8 nitrogen and oxygen atoms in total. The van der Waals surface area contributed by atoms with Gasteiger partial charge in [0.05, 0.1) is 25.2 Å². The number of likely N-dealkylation sites (tertiary alicyclic amines) is 1. The van der Waals surface area contributed by atoms with Crippen LogP contribution in [0.3, 0.4) is 0 Å². The lowest BCUT2D eigenvalue weighted by molar-refractivity contribution is -0.145. The molecule has 2 aliphatic rings. The molecule has 0 aliphatic carbocycles. The summed E-state index contributed by atoms with van der Waals surface area (Å²) >= 11 is 0. The molecule has 0 radical (unpaired) electrons. The van der Waals surface area contributed by atoms with Crippen molar-refractivity contribution in [1.82, 2.24) is 9.88 Å². The number of rotatable bonds is 6. The van der Waals surface area contributed by atoms with Gasteiger partial charge in [-0.2, -0.15) is 0 Å². The minimum absolute atomic E-state index is 0.141. The molecule has 1 aromatic carbocycles. The second-order valence-corrected chi connectivity index (χ2v) is 8.17. The molecule has 2 N–H and O–H groups in total. The van der Waals surface area contributed by atoms with E-state index in [2.05, 4.69) is 4.98 Å². The predicted molar refractivity (Wildman–Crippen MR) is 116 cm³/mol. The molecule has 8 heteroatoms. The van der Waals surface area contributed by atoms with Gasteiger partial charge >= 0.3 is 0 Å². The summed E-state index contributed by atoms with van der Waals surface area (Å²) in [5, 5.41) is 0. The van der Waals surface area contributed by atoms with Crippen LogP contribution in [0.1, 0.15) is 35.2 Å². The summed E-state index contributed by atoms with van der Waals surface area (Å²) in [5.74, 6) is 1.50. The van der Waals surface area contributed by atoms with Crippen LogP contribution < -0.4 is 20.1 Å². The number of ether oxygens (including phenoxy) is 2. The van der Waals surface area contributed by atoms with Gasteiger partial charge in [-0.3, -0.25) is 9.59 Å². The lowest BCUT2D eigenvalue weighted by Gasteiger charge is -2.39. The zero-order chi connectivity index (χ0) is 22.0. The maximum Gasteiger partial charge on any atom is 0.252 e. The van der Waals surface area contributed by atoms with Crippen LogP contribution in [-0.4, -0.2) is 55.6 Å². The van der Waals surface area contributed by atoms with Gasteiger partial charge in [-0.05, 0) is 37.5 Å². The Morgan fingerprint density at radius 2 is 2.00 bits per heavy atom. The van der Waals surface area contributed by atoms with E-state index in [0.717, 1.165) is 24.8 Å². The van der Waals surface area contributed by atoms with Gasteiger partial charge in [0.25, 0.3) is 5.91 Å². The van der Waals surface area contributed by atoms with Crippen molar-refractivity contribution in [3.05, 3.63) is 47.7 Å². The number of primary amides is 1. The molecule has 0 saturated carbocycles. The van der Waals surface area contributed by atoms with Crippen LogP contribution in [-0.2, 0) is 11.3 Å². The number of methoxy groups -OCH3 is 2. The molecule has 0 bridgehead atoms. The minimum atomic E-state index is -0.509. The molecule has 2 fully saturated rings. The number of hydrogen-bond acceptors (Lipinski definition) is 6. The summed E-state index contributed by atoms with van der Waals surface area (Å²) in [6.07, 6.45) is 4.13. The van der Waals surface area contributed by atoms with Crippen LogP contribution in [0.15, 0.2) is 36.5 Å². The third-order valence-electron chi connectivity index (χ3n) is 6.38. The van der Waals surface area contributed by atoms with Crippen molar-refractivity contribution in [3.8, 4) is 11.5 Å². The Morgan fingerprint density at radius 3 is 2.74 bits per heavy atom. The fraction of sp³-hybridized carbons (Fsp3) is 0.435. The number of nitrogens with two attached hydrogens (primary N) is 1. The Balaban J connectivity index is 1.56. The van der Waals surface area contributed by atoms with Crippen LogP contribution in [0.2, 0.25) is 0 Å². The Bertz CT molecular complexity index is 995. The highest BCUT2D eigenvalue weighted by molar-refractivity contribution is 5.98. The lowest BCUT2D eigenvalue weighted by atomic mass is 9.78. The number of carbonyl (C=O) groups is 2. The van der Waals surface area contributed by atoms with Crippen molar-refractivity contribution in [3.63, 3.8) is 0 Å². The van der Waals surface area contributed by atoms with Gasteiger partial charge in [-0.15, -0.1) is 0 Å². The molecule has 2 saturated heterocycles. The third-order valence-corrected chi connectivity index (χ3v) is 6.38. The first-order valence-electron chi connectivity index (χ1n) is 10.5. The molecule has 2 aromatic rings. The normalized spacial score (nSPS) is 20.9. The van der Waals surface area contributed by atoms with Crippen LogP contribution in [0.25, 0.3) is 0 Å². The van der Waals surface area contributed by atoms with Crippen LogP contribution in [0.4, 0.5) is 5.82 Å². The SMILES string of the molecule is COc1cccc(CN2CCCC3(CCN(c4ncccc4C(N)=O)C3)C2=O)c1OC. The number of aromatic nitrogens is 1. The summed E-state index contributed by atoms with van der Waals surface area (Å²) in [6.45, 7) is 2.38. The average molecular weight is 425 g/mol. The summed E-state index contributed by atoms with van der Waals surface area (Å²) in [6, 6.07) is 9.10. The van der Waals surface area contributed by atoms with Gasteiger partial charge in [-0.1, -0.05) is 12.1 Å². The van der Waals surface area contributed by atoms with E-state index < -0.39 is 11.3 Å². The van der Waals surface area contributed by atoms with Crippen molar-refractivity contribution < 1.29 is 19.1 Å². The predicted octanol–water partition coefficient (Wildman–Crippen LogP) is 2.22. The first-order valence-corrected chi connectivity index (χ1v) is 10.5. The average Bonchev–Trinajstić information content (AvgIpc) is 3.21. The van der Waals surface area contributed by atoms with Crippen LogP contribution in [0, 0.1) is 5.41 Å².